The summed E-state index contributed by atoms with van der Waals surface area (Å²) in [5.74, 6) is 1.75. The minimum absolute atomic E-state index is 0. The van der Waals surface area contributed by atoms with E-state index < -0.39 is 0 Å². The third-order valence-electron chi connectivity index (χ3n) is 4.75. The Morgan fingerprint density at radius 2 is 2.14 bits per heavy atom. The molecule has 2 heterocycles. The van der Waals surface area contributed by atoms with Gasteiger partial charge >= 0.3 is 0 Å². The summed E-state index contributed by atoms with van der Waals surface area (Å²) in [6.07, 6.45) is 2.21. The van der Waals surface area contributed by atoms with Gasteiger partial charge in [0.05, 0.1) is 17.8 Å². The number of halogens is 2. The van der Waals surface area contributed by atoms with E-state index in [9.17, 15) is 4.79 Å². The molecule has 1 aromatic heterocycles. The number of amides is 1. The van der Waals surface area contributed by atoms with Crippen molar-refractivity contribution in [2.75, 3.05) is 33.8 Å². The first kappa shape index (κ1) is 25.5. The van der Waals surface area contributed by atoms with E-state index in [1.165, 1.54) is 0 Å². The van der Waals surface area contributed by atoms with E-state index in [-0.39, 0.29) is 30.7 Å². The van der Waals surface area contributed by atoms with Gasteiger partial charge in [-0.2, -0.15) is 0 Å². The van der Waals surface area contributed by atoms with Gasteiger partial charge in [0, 0.05) is 24.0 Å². The SMILES string of the molecule is CNCC1CCCN(C(=O)c2ccc(OCc3csc(C)n3)c(OC)c2)C1.Cl.Cl. The average Bonchev–Trinajstić information content (AvgIpc) is 3.11. The molecule has 1 aromatic carbocycles. The molecule has 2 aromatic rings. The van der Waals surface area contributed by atoms with Crippen LogP contribution in [-0.2, 0) is 6.61 Å². The quantitative estimate of drug-likeness (QED) is 0.675. The molecule has 29 heavy (non-hydrogen) atoms. The summed E-state index contributed by atoms with van der Waals surface area (Å²) >= 11 is 1.60. The Kier molecular flexibility index (Phi) is 10.7. The van der Waals surface area contributed by atoms with Crippen LogP contribution in [0.5, 0.6) is 11.5 Å². The molecule has 1 aliphatic heterocycles. The molecule has 0 spiro atoms. The third-order valence-corrected chi connectivity index (χ3v) is 5.57. The summed E-state index contributed by atoms with van der Waals surface area (Å²) in [5.41, 5.74) is 1.53. The van der Waals surface area contributed by atoms with Crippen molar-refractivity contribution in [3.8, 4) is 11.5 Å². The van der Waals surface area contributed by atoms with Crippen LogP contribution in [0.25, 0.3) is 0 Å². The number of carbonyl (C=O) groups is 1. The van der Waals surface area contributed by atoms with Crippen LogP contribution < -0.4 is 14.8 Å². The molecule has 1 unspecified atom stereocenters. The normalized spacial score (nSPS) is 15.8. The van der Waals surface area contributed by atoms with Crippen molar-refractivity contribution < 1.29 is 14.3 Å². The van der Waals surface area contributed by atoms with E-state index in [2.05, 4.69) is 10.3 Å². The molecule has 0 bridgehead atoms. The van der Waals surface area contributed by atoms with Crippen LogP contribution in [0.15, 0.2) is 23.6 Å². The van der Waals surface area contributed by atoms with Crippen molar-refractivity contribution in [3.63, 3.8) is 0 Å². The first-order valence-corrected chi connectivity index (χ1v) is 10.1. The molecule has 1 amide bonds. The number of piperidine rings is 1. The Morgan fingerprint density at radius 1 is 1.34 bits per heavy atom. The van der Waals surface area contributed by atoms with Gasteiger partial charge in [0.25, 0.3) is 5.91 Å². The van der Waals surface area contributed by atoms with E-state index >= 15 is 0 Å². The highest BCUT2D eigenvalue weighted by atomic mass is 35.5. The van der Waals surface area contributed by atoms with Gasteiger partial charge in [-0.15, -0.1) is 36.2 Å². The van der Waals surface area contributed by atoms with Crippen molar-refractivity contribution >= 4 is 42.1 Å². The van der Waals surface area contributed by atoms with Crippen LogP contribution in [0, 0.1) is 12.8 Å². The van der Waals surface area contributed by atoms with Gasteiger partial charge in [-0.3, -0.25) is 4.79 Å². The Balaban J connectivity index is 0.00000210. The lowest BCUT2D eigenvalue weighted by Crippen LogP contribution is -2.42. The molecule has 1 saturated heterocycles. The molecule has 1 aliphatic rings. The number of likely N-dealkylation sites (tertiary alicyclic amines) is 1. The maximum absolute atomic E-state index is 12.9. The number of thiazole rings is 1. The van der Waals surface area contributed by atoms with Gasteiger partial charge in [0.15, 0.2) is 11.5 Å². The fraction of sp³-hybridized carbons (Fsp3) is 0.500. The number of aryl methyl sites for hydroxylation is 1. The third kappa shape index (κ3) is 6.74. The summed E-state index contributed by atoms with van der Waals surface area (Å²) in [6, 6.07) is 5.39. The lowest BCUT2D eigenvalue weighted by atomic mass is 9.97. The van der Waals surface area contributed by atoms with E-state index in [4.69, 9.17) is 9.47 Å². The van der Waals surface area contributed by atoms with Crippen LogP contribution in [0.2, 0.25) is 0 Å². The number of carbonyl (C=O) groups excluding carboxylic acids is 1. The Morgan fingerprint density at radius 3 is 2.79 bits per heavy atom. The molecule has 1 atom stereocenters. The number of aromatic nitrogens is 1. The van der Waals surface area contributed by atoms with Crippen LogP contribution >= 0.6 is 36.2 Å². The van der Waals surface area contributed by atoms with Crippen molar-refractivity contribution in [2.24, 2.45) is 5.92 Å². The van der Waals surface area contributed by atoms with Crippen LogP contribution in [0.1, 0.15) is 33.9 Å². The average molecular weight is 462 g/mol. The van der Waals surface area contributed by atoms with E-state index in [1.807, 2.05) is 30.3 Å². The molecular formula is C20H29Cl2N3O3S. The monoisotopic (exact) mass is 461 g/mol. The van der Waals surface area contributed by atoms with Gasteiger partial charge in [-0.25, -0.2) is 4.98 Å². The Bertz CT molecular complexity index is 786. The second-order valence-corrected chi connectivity index (χ2v) is 7.89. The van der Waals surface area contributed by atoms with Crippen molar-refractivity contribution in [3.05, 3.63) is 39.8 Å². The maximum atomic E-state index is 12.9. The minimum Gasteiger partial charge on any atom is -0.493 e. The number of rotatable bonds is 7. The first-order chi connectivity index (χ1) is 13.1. The molecule has 1 fully saturated rings. The topological polar surface area (TPSA) is 63.7 Å². The zero-order chi connectivity index (χ0) is 19.2. The second-order valence-electron chi connectivity index (χ2n) is 6.83. The lowest BCUT2D eigenvalue weighted by Gasteiger charge is -2.32. The molecule has 0 radical (unpaired) electrons. The smallest absolute Gasteiger partial charge is 0.254 e. The van der Waals surface area contributed by atoms with Crippen molar-refractivity contribution in [1.29, 1.82) is 0 Å². The van der Waals surface area contributed by atoms with Crippen LogP contribution in [0.4, 0.5) is 0 Å². The summed E-state index contributed by atoms with van der Waals surface area (Å²) in [7, 11) is 3.55. The summed E-state index contributed by atoms with van der Waals surface area (Å²) in [6.45, 7) is 4.89. The zero-order valence-electron chi connectivity index (χ0n) is 17.0. The number of benzene rings is 1. The summed E-state index contributed by atoms with van der Waals surface area (Å²) in [4.78, 5) is 19.3. The molecule has 0 saturated carbocycles. The molecular weight excluding hydrogens is 433 g/mol. The fourth-order valence-electron chi connectivity index (χ4n) is 3.43. The number of hydrogen-bond acceptors (Lipinski definition) is 6. The van der Waals surface area contributed by atoms with Crippen molar-refractivity contribution in [1.82, 2.24) is 15.2 Å². The fourth-order valence-corrected chi connectivity index (χ4v) is 4.03. The summed E-state index contributed by atoms with van der Waals surface area (Å²) < 4.78 is 11.3. The Labute approximate surface area is 188 Å². The molecule has 0 aliphatic carbocycles. The van der Waals surface area contributed by atoms with Gasteiger partial charge in [0.2, 0.25) is 0 Å². The second kappa shape index (κ2) is 12.2. The molecule has 3 rings (SSSR count). The largest absolute Gasteiger partial charge is 0.493 e. The van der Waals surface area contributed by atoms with Crippen LogP contribution in [0.3, 0.4) is 0 Å². The first-order valence-electron chi connectivity index (χ1n) is 9.26. The standard InChI is InChI=1S/C20H27N3O3S.2ClH/c1-14-22-17(13-27-14)12-26-18-7-6-16(9-19(18)25-3)20(24)23-8-4-5-15(11-23)10-21-2;;/h6-7,9,13,15,21H,4-5,8,10-12H2,1-3H3;2*1H. The summed E-state index contributed by atoms with van der Waals surface area (Å²) in [5, 5.41) is 6.21. The minimum atomic E-state index is 0. The number of methoxy groups -OCH3 is 1. The number of nitrogens with zero attached hydrogens (tertiary/aromatic N) is 2. The van der Waals surface area contributed by atoms with E-state index in [0.717, 1.165) is 43.2 Å². The van der Waals surface area contributed by atoms with Gasteiger partial charge in [0.1, 0.15) is 6.61 Å². The highest BCUT2D eigenvalue weighted by Crippen LogP contribution is 2.30. The number of hydrogen-bond donors (Lipinski definition) is 1. The van der Waals surface area contributed by atoms with Gasteiger partial charge in [-0.1, -0.05) is 0 Å². The van der Waals surface area contributed by atoms with Gasteiger partial charge in [-0.05, 0) is 57.5 Å². The molecule has 162 valence electrons. The molecule has 6 nitrogen and oxygen atoms in total. The van der Waals surface area contributed by atoms with Gasteiger partial charge < -0.3 is 19.7 Å². The maximum Gasteiger partial charge on any atom is 0.254 e. The highest BCUT2D eigenvalue weighted by molar-refractivity contribution is 7.09. The van der Waals surface area contributed by atoms with Crippen molar-refractivity contribution in [2.45, 2.75) is 26.4 Å². The molecule has 9 heteroatoms. The predicted octanol–water partition coefficient (Wildman–Crippen LogP) is 3.95. The number of ether oxygens (including phenoxy) is 2. The highest BCUT2D eigenvalue weighted by Gasteiger charge is 2.24. The number of nitrogens with one attached hydrogen (secondary N) is 1. The van der Waals surface area contributed by atoms with E-state index in [1.54, 1.807) is 30.6 Å². The molecule has 1 N–H and O–H groups in total. The lowest BCUT2D eigenvalue weighted by molar-refractivity contribution is 0.0674. The zero-order valence-corrected chi connectivity index (χ0v) is 19.4. The predicted molar refractivity (Wildman–Crippen MR) is 121 cm³/mol. The van der Waals surface area contributed by atoms with E-state index in [0.29, 0.717) is 29.6 Å². The Hall–Kier alpha value is -1.54. The van der Waals surface area contributed by atoms with Crippen LogP contribution in [-0.4, -0.2) is 49.6 Å².